The smallest absolute Gasteiger partial charge is 0.229 e. The fourth-order valence-corrected chi connectivity index (χ4v) is 6.23. The number of pyridine rings is 1. The summed E-state index contributed by atoms with van der Waals surface area (Å²) >= 11 is 12.2. The van der Waals surface area contributed by atoms with E-state index in [0.717, 1.165) is 40.3 Å². The number of hydrogen-bond donors (Lipinski definition) is 2. The van der Waals surface area contributed by atoms with Gasteiger partial charge >= 0.3 is 0 Å². The summed E-state index contributed by atoms with van der Waals surface area (Å²) in [4.78, 5) is 6.70. The molecule has 3 heterocycles. The quantitative estimate of drug-likeness (QED) is 0.271. The van der Waals surface area contributed by atoms with E-state index in [1.54, 1.807) is 31.5 Å². The first-order valence-electron chi connectivity index (χ1n) is 12.2. The molecule has 1 saturated heterocycles. The summed E-state index contributed by atoms with van der Waals surface area (Å²) in [5.41, 5.74) is 6.06. The number of hydrogen-bond acceptors (Lipinski definition) is 5. The van der Waals surface area contributed by atoms with E-state index in [1.807, 2.05) is 49.4 Å². The van der Waals surface area contributed by atoms with Crippen LogP contribution in [0.1, 0.15) is 34.7 Å². The minimum absolute atomic E-state index is 0.234. The zero-order valence-electron chi connectivity index (χ0n) is 21.8. The number of ether oxygens (including phenoxy) is 1. The lowest BCUT2D eigenvalue weighted by Gasteiger charge is -2.28. The number of methoxy groups -OCH3 is 1. The molecule has 39 heavy (non-hydrogen) atoms. The van der Waals surface area contributed by atoms with Crippen LogP contribution in [0.25, 0.3) is 5.69 Å². The maximum Gasteiger partial charge on any atom is 0.229 e. The molecule has 11 heteroatoms. The van der Waals surface area contributed by atoms with Gasteiger partial charge in [-0.1, -0.05) is 17.7 Å². The third-order valence-corrected chi connectivity index (χ3v) is 7.87. The first-order valence-corrected chi connectivity index (χ1v) is 14.9. The van der Waals surface area contributed by atoms with Gasteiger partial charge in [0.25, 0.3) is 0 Å². The van der Waals surface area contributed by atoms with Crippen molar-refractivity contribution in [2.24, 2.45) is 0 Å². The number of thiocarbonyl (C=S) groups is 1. The molecule has 0 saturated carbocycles. The zero-order chi connectivity index (χ0) is 27.9. The Hall–Kier alpha value is -3.60. The Morgan fingerprint density at radius 1 is 1.08 bits per heavy atom. The fraction of sp³-hybridized carbons (Fsp3) is 0.214. The van der Waals surface area contributed by atoms with Gasteiger partial charge in [0.2, 0.25) is 10.0 Å². The number of nitrogens with zero attached hydrogens (tertiary/aromatic N) is 3. The molecule has 1 aliphatic heterocycles. The van der Waals surface area contributed by atoms with E-state index in [0.29, 0.717) is 21.6 Å². The Morgan fingerprint density at radius 3 is 2.46 bits per heavy atom. The van der Waals surface area contributed by atoms with E-state index < -0.39 is 10.0 Å². The van der Waals surface area contributed by atoms with Crippen molar-refractivity contribution in [2.45, 2.75) is 25.9 Å². The number of benzene rings is 2. The van der Waals surface area contributed by atoms with Crippen molar-refractivity contribution in [3.8, 4) is 11.4 Å². The molecule has 8 nitrogen and oxygen atoms in total. The van der Waals surface area contributed by atoms with Gasteiger partial charge < -0.3 is 19.5 Å². The molecule has 5 rings (SSSR count). The van der Waals surface area contributed by atoms with Crippen LogP contribution in [0.4, 0.5) is 11.4 Å². The molecule has 1 fully saturated rings. The summed E-state index contributed by atoms with van der Waals surface area (Å²) in [6, 6.07) is 20.2. The molecule has 0 spiro atoms. The topological polar surface area (TPSA) is 88.5 Å². The number of aromatic nitrogens is 2. The normalized spacial score (nSPS) is 17.3. The molecule has 0 unspecified atom stereocenters. The second-order valence-corrected chi connectivity index (χ2v) is 12.0. The number of anilines is 2. The van der Waals surface area contributed by atoms with Gasteiger partial charge in [-0.05, 0) is 92.3 Å². The lowest BCUT2D eigenvalue weighted by molar-refractivity contribution is 0.412. The first kappa shape index (κ1) is 27.0. The molecule has 2 N–H and O–H groups in total. The molecule has 1 aliphatic rings. The van der Waals surface area contributed by atoms with Crippen molar-refractivity contribution in [1.82, 2.24) is 14.9 Å². The maximum absolute atomic E-state index is 11.7. The largest absolute Gasteiger partial charge is 0.495 e. The molecule has 2 aromatic carbocycles. The second-order valence-electron chi connectivity index (χ2n) is 9.40. The molecule has 0 amide bonds. The molecular weight excluding hydrogens is 554 g/mol. The second kappa shape index (κ2) is 10.5. The molecule has 202 valence electrons. The number of nitrogens with one attached hydrogen (secondary N) is 2. The van der Waals surface area contributed by atoms with E-state index >= 15 is 0 Å². The zero-order valence-corrected chi connectivity index (χ0v) is 24.2. The summed E-state index contributed by atoms with van der Waals surface area (Å²) in [7, 11) is -1.75. The van der Waals surface area contributed by atoms with Crippen molar-refractivity contribution in [1.29, 1.82) is 0 Å². The van der Waals surface area contributed by atoms with Crippen molar-refractivity contribution >= 4 is 50.3 Å². The van der Waals surface area contributed by atoms with Crippen LogP contribution in [-0.4, -0.2) is 36.4 Å². The minimum Gasteiger partial charge on any atom is -0.495 e. The van der Waals surface area contributed by atoms with Gasteiger partial charge in [-0.25, -0.2) is 8.42 Å². The highest BCUT2D eigenvalue weighted by Gasteiger charge is 2.42. The highest BCUT2D eigenvalue weighted by molar-refractivity contribution is 7.92. The number of sulfonamides is 1. The van der Waals surface area contributed by atoms with Gasteiger partial charge in [0, 0.05) is 34.0 Å². The molecule has 2 atom stereocenters. The molecule has 4 aromatic rings. The van der Waals surface area contributed by atoms with Crippen molar-refractivity contribution in [3.05, 3.63) is 101 Å². The van der Waals surface area contributed by atoms with Crippen LogP contribution in [0.2, 0.25) is 5.02 Å². The van der Waals surface area contributed by atoms with E-state index in [4.69, 9.17) is 28.6 Å². The summed E-state index contributed by atoms with van der Waals surface area (Å²) in [5.74, 6) is 0.708. The van der Waals surface area contributed by atoms with Crippen molar-refractivity contribution < 1.29 is 13.2 Å². The Labute approximate surface area is 238 Å². The lowest BCUT2D eigenvalue weighted by Crippen LogP contribution is -2.29. The van der Waals surface area contributed by atoms with E-state index in [9.17, 15) is 8.42 Å². The highest BCUT2D eigenvalue weighted by atomic mass is 35.5. The van der Waals surface area contributed by atoms with Crippen LogP contribution in [0.3, 0.4) is 0 Å². The molecule has 0 aliphatic carbocycles. The number of halogens is 1. The van der Waals surface area contributed by atoms with Crippen molar-refractivity contribution in [3.63, 3.8) is 0 Å². The molecule has 0 bridgehead atoms. The van der Waals surface area contributed by atoms with Gasteiger partial charge in [0.15, 0.2) is 5.11 Å². The van der Waals surface area contributed by atoms with E-state index in [1.165, 1.54) is 0 Å². The predicted octanol–water partition coefficient (Wildman–Crippen LogP) is 5.70. The molecular formula is C28H28ClN5O3S2. The minimum atomic E-state index is -3.39. The third kappa shape index (κ3) is 5.32. The van der Waals surface area contributed by atoms with Gasteiger partial charge in [0.05, 0.1) is 36.8 Å². The third-order valence-electron chi connectivity index (χ3n) is 6.72. The summed E-state index contributed by atoms with van der Waals surface area (Å²) in [5, 5.41) is 4.63. The average Bonchev–Trinajstić information content (AvgIpc) is 3.39. The van der Waals surface area contributed by atoms with Crippen LogP contribution in [-0.2, 0) is 10.0 Å². The van der Waals surface area contributed by atoms with Crippen LogP contribution >= 0.6 is 23.8 Å². The predicted molar refractivity (Wildman–Crippen MR) is 160 cm³/mol. The number of rotatable bonds is 7. The van der Waals surface area contributed by atoms with Crippen molar-refractivity contribution in [2.75, 3.05) is 23.0 Å². The SMILES string of the molecule is COc1ccc(Cl)cc1-n1c(C)cc([C@H]2[C@@H](c3ccccn3)NC(=S)N2c2ccc(NS(C)(=O)=O)cc2)c1C. The molecule has 0 radical (unpaired) electrons. The van der Waals surface area contributed by atoms with Crippen LogP contribution in [0.5, 0.6) is 5.75 Å². The van der Waals surface area contributed by atoms with Crippen LogP contribution in [0, 0.1) is 13.8 Å². The fourth-order valence-electron chi connectivity index (χ4n) is 5.15. The van der Waals surface area contributed by atoms with Crippen LogP contribution in [0.15, 0.2) is 72.9 Å². The van der Waals surface area contributed by atoms with E-state index in [2.05, 4.69) is 37.5 Å². The summed E-state index contributed by atoms with van der Waals surface area (Å²) in [6.07, 6.45) is 2.89. The maximum atomic E-state index is 11.7. The molecule has 2 aromatic heterocycles. The Morgan fingerprint density at radius 2 is 1.82 bits per heavy atom. The Bertz CT molecular complexity index is 1640. The standard InChI is InChI=1S/C28H28ClN5O3S2/c1-17-15-22(18(2)33(17)24-16-19(29)8-13-25(24)37-3)27-26(23-7-5-6-14-30-23)31-28(38)34(27)21-11-9-20(10-12-21)32-39(4,35)36/h5-16,26-27,32H,1-4H3,(H,31,38)/t26-,27+/m1/s1. The average molecular weight is 582 g/mol. The first-order chi connectivity index (χ1) is 18.6. The monoisotopic (exact) mass is 581 g/mol. The van der Waals surface area contributed by atoms with E-state index in [-0.39, 0.29) is 12.1 Å². The summed E-state index contributed by atoms with van der Waals surface area (Å²) < 4.78 is 33.7. The summed E-state index contributed by atoms with van der Waals surface area (Å²) in [6.45, 7) is 4.11. The van der Waals surface area contributed by atoms with Crippen LogP contribution < -0.4 is 19.7 Å². The highest BCUT2D eigenvalue weighted by Crippen LogP contribution is 2.44. The Balaban J connectivity index is 1.65. The number of aryl methyl sites for hydroxylation is 1. The lowest BCUT2D eigenvalue weighted by atomic mass is 9.96. The Kier molecular flexibility index (Phi) is 7.28. The van der Waals surface area contributed by atoms with Gasteiger partial charge in [-0.15, -0.1) is 0 Å². The van der Waals surface area contributed by atoms with Gasteiger partial charge in [0.1, 0.15) is 5.75 Å². The van der Waals surface area contributed by atoms with Gasteiger partial charge in [-0.2, -0.15) is 0 Å². The van der Waals surface area contributed by atoms with Gasteiger partial charge in [-0.3, -0.25) is 9.71 Å².